The van der Waals surface area contributed by atoms with Crippen LogP contribution < -0.4 is 0 Å². The molecule has 0 aliphatic heterocycles. The Labute approximate surface area is 92.2 Å². The van der Waals surface area contributed by atoms with E-state index >= 15 is 0 Å². The molecule has 0 amide bonds. The lowest BCUT2D eigenvalue weighted by atomic mass is 10.2. The molecule has 0 aliphatic rings. The van der Waals surface area contributed by atoms with E-state index in [0.29, 0.717) is 19.2 Å². The average Bonchev–Trinajstić information content (AvgIpc) is 2.15. The van der Waals surface area contributed by atoms with Crippen molar-refractivity contribution in [3.05, 3.63) is 0 Å². The molecule has 15 heavy (non-hydrogen) atoms. The summed E-state index contributed by atoms with van der Waals surface area (Å²) in [5.74, 6) is -0.876. The lowest BCUT2D eigenvalue weighted by molar-refractivity contribution is -0.151. The highest BCUT2D eigenvalue weighted by Gasteiger charge is 2.22. The maximum atomic E-state index is 10.9. The van der Waals surface area contributed by atoms with Gasteiger partial charge >= 0.3 is 5.97 Å². The number of carboxylic acids is 1. The molecular weight excluding hydrogens is 194 g/mol. The SMILES string of the molecule is CCCN(CC(OCC)C(=O)O)C(C)C. The summed E-state index contributed by atoms with van der Waals surface area (Å²) in [5, 5.41) is 8.95. The van der Waals surface area contributed by atoms with E-state index in [0.717, 1.165) is 13.0 Å². The van der Waals surface area contributed by atoms with Crippen LogP contribution in [0.4, 0.5) is 0 Å². The molecule has 4 heteroatoms. The van der Waals surface area contributed by atoms with Crippen molar-refractivity contribution in [1.82, 2.24) is 4.90 Å². The van der Waals surface area contributed by atoms with E-state index in [-0.39, 0.29) is 0 Å². The Hall–Kier alpha value is -0.610. The van der Waals surface area contributed by atoms with Gasteiger partial charge in [-0.25, -0.2) is 4.79 Å². The number of nitrogens with zero attached hydrogens (tertiary/aromatic N) is 1. The van der Waals surface area contributed by atoms with Crippen molar-refractivity contribution in [2.75, 3.05) is 19.7 Å². The molecule has 0 spiro atoms. The van der Waals surface area contributed by atoms with Crippen LogP contribution in [-0.4, -0.2) is 47.8 Å². The van der Waals surface area contributed by atoms with Gasteiger partial charge in [0.25, 0.3) is 0 Å². The van der Waals surface area contributed by atoms with E-state index in [1.807, 2.05) is 6.92 Å². The highest BCUT2D eigenvalue weighted by atomic mass is 16.5. The van der Waals surface area contributed by atoms with E-state index < -0.39 is 12.1 Å². The molecule has 0 aromatic heterocycles. The van der Waals surface area contributed by atoms with E-state index in [1.54, 1.807) is 0 Å². The zero-order chi connectivity index (χ0) is 11.8. The predicted molar refractivity (Wildman–Crippen MR) is 60.0 cm³/mol. The van der Waals surface area contributed by atoms with Gasteiger partial charge in [-0.1, -0.05) is 6.92 Å². The molecule has 0 saturated carbocycles. The highest BCUT2D eigenvalue weighted by molar-refractivity contribution is 5.72. The summed E-state index contributed by atoms with van der Waals surface area (Å²) >= 11 is 0. The Morgan fingerprint density at radius 2 is 2.00 bits per heavy atom. The summed E-state index contributed by atoms with van der Waals surface area (Å²) in [6.45, 7) is 9.86. The van der Waals surface area contributed by atoms with Crippen LogP contribution in [0.1, 0.15) is 34.1 Å². The second-order valence-electron chi connectivity index (χ2n) is 3.87. The fraction of sp³-hybridized carbons (Fsp3) is 0.909. The van der Waals surface area contributed by atoms with Crippen LogP contribution in [0.5, 0.6) is 0 Å². The monoisotopic (exact) mass is 217 g/mol. The van der Waals surface area contributed by atoms with E-state index in [4.69, 9.17) is 9.84 Å². The summed E-state index contributed by atoms with van der Waals surface area (Å²) in [7, 11) is 0. The van der Waals surface area contributed by atoms with Gasteiger partial charge in [-0.2, -0.15) is 0 Å². The fourth-order valence-electron chi connectivity index (χ4n) is 1.46. The van der Waals surface area contributed by atoms with Crippen LogP contribution in [0.3, 0.4) is 0 Å². The quantitative estimate of drug-likeness (QED) is 0.671. The molecular formula is C11H23NO3. The van der Waals surface area contributed by atoms with Gasteiger partial charge in [-0.3, -0.25) is 4.90 Å². The topological polar surface area (TPSA) is 49.8 Å². The average molecular weight is 217 g/mol. The summed E-state index contributed by atoms with van der Waals surface area (Å²) in [5.41, 5.74) is 0. The van der Waals surface area contributed by atoms with Crippen LogP contribution in [0, 0.1) is 0 Å². The number of hydrogen-bond acceptors (Lipinski definition) is 3. The lowest BCUT2D eigenvalue weighted by Gasteiger charge is -2.28. The van der Waals surface area contributed by atoms with Crippen LogP contribution in [0.15, 0.2) is 0 Å². The molecule has 0 saturated heterocycles. The molecule has 0 radical (unpaired) electrons. The van der Waals surface area contributed by atoms with Gasteiger partial charge in [-0.05, 0) is 33.7 Å². The maximum Gasteiger partial charge on any atom is 0.334 e. The normalized spacial score (nSPS) is 13.5. The minimum atomic E-state index is -0.876. The van der Waals surface area contributed by atoms with Gasteiger partial charge in [0.05, 0.1) is 0 Å². The first kappa shape index (κ1) is 14.4. The molecule has 0 bridgehead atoms. The standard InChI is InChI=1S/C11H23NO3/c1-5-7-12(9(3)4)8-10(11(13)14)15-6-2/h9-10H,5-8H2,1-4H3,(H,13,14). The molecule has 90 valence electrons. The lowest BCUT2D eigenvalue weighted by Crippen LogP contribution is -2.42. The second-order valence-corrected chi connectivity index (χ2v) is 3.87. The molecule has 1 unspecified atom stereocenters. The third-order valence-corrected chi connectivity index (χ3v) is 2.28. The summed E-state index contributed by atoms with van der Waals surface area (Å²) in [6, 6.07) is 0.354. The highest BCUT2D eigenvalue weighted by Crippen LogP contribution is 2.04. The van der Waals surface area contributed by atoms with Crippen LogP contribution in [0.2, 0.25) is 0 Å². The molecule has 0 fully saturated rings. The first-order valence-corrected chi connectivity index (χ1v) is 5.61. The van der Waals surface area contributed by atoms with Crippen LogP contribution in [-0.2, 0) is 9.53 Å². The Morgan fingerprint density at radius 3 is 2.33 bits per heavy atom. The summed E-state index contributed by atoms with van der Waals surface area (Å²) in [6.07, 6.45) is 0.320. The van der Waals surface area contributed by atoms with E-state index in [1.165, 1.54) is 0 Å². The third-order valence-electron chi connectivity index (χ3n) is 2.28. The van der Waals surface area contributed by atoms with Crippen molar-refractivity contribution in [1.29, 1.82) is 0 Å². The van der Waals surface area contributed by atoms with Gasteiger partial charge in [0.15, 0.2) is 6.10 Å². The minimum Gasteiger partial charge on any atom is -0.479 e. The van der Waals surface area contributed by atoms with Gasteiger partial charge < -0.3 is 9.84 Å². The third kappa shape index (κ3) is 5.74. The Bertz CT molecular complexity index is 183. The van der Waals surface area contributed by atoms with Crippen molar-refractivity contribution < 1.29 is 14.6 Å². The zero-order valence-corrected chi connectivity index (χ0v) is 10.2. The number of hydrogen-bond donors (Lipinski definition) is 1. The van der Waals surface area contributed by atoms with Crippen molar-refractivity contribution >= 4 is 5.97 Å². The van der Waals surface area contributed by atoms with Gasteiger partial charge in [0.2, 0.25) is 0 Å². The molecule has 0 heterocycles. The molecule has 0 aromatic carbocycles. The largest absolute Gasteiger partial charge is 0.479 e. The van der Waals surface area contributed by atoms with Crippen LogP contribution in [0.25, 0.3) is 0 Å². The smallest absolute Gasteiger partial charge is 0.334 e. The van der Waals surface area contributed by atoms with Crippen molar-refractivity contribution in [3.8, 4) is 0 Å². The summed E-state index contributed by atoms with van der Waals surface area (Å²) < 4.78 is 5.19. The number of aliphatic carboxylic acids is 1. The first-order chi connectivity index (χ1) is 7.02. The van der Waals surface area contributed by atoms with Crippen molar-refractivity contribution in [3.63, 3.8) is 0 Å². The molecule has 0 aromatic rings. The fourth-order valence-corrected chi connectivity index (χ4v) is 1.46. The maximum absolute atomic E-state index is 10.9. The number of carbonyl (C=O) groups is 1. The van der Waals surface area contributed by atoms with Crippen molar-refractivity contribution in [2.24, 2.45) is 0 Å². The van der Waals surface area contributed by atoms with Gasteiger partial charge in [0.1, 0.15) is 0 Å². The molecule has 1 atom stereocenters. The van der Waals surface area contributed by atoms with E-state index in [2.05, 4.69) is 25.7 Å². The predicted octanol–water partition coefficient (Wildman–Crippen LogP) is 1.60. The minimum absolute atomic E-state index is 0.354. The molecule has 0 rings (SSSR count). The molecule has 4 nitrogen and oxygen atoms in total. The van der Waals surface area contributed by atoms with Crippen molar-refractivity contribution in [2.45, 2.75) is 46.3 Å². The Morgan fingerprint density at radius 1 is 1.40 bits per heavy atom. The number of carboxylic acid groups (broad SMARTS) is 1. The van der Waals surface area contributed by atoms with E-state index in [9.17, 15) is 4.79 Å². The second kappa shape index (κ2) is 7.65. The zero-order valence-electron chi connectivity index (χ0n) is 10.2. The Balaban J connectivity index is 4.25. The number of ether oxygens (including phenoxy) is 1. The molecule has 1 N–H and O–H groups in total. The number of rotatable bonds is 8. The first-order valence-electron chi connectivity index (χ1n) is 5.61. The van der Waals surface area contributed by atoms with Gasteiger partial charge in [-0.15, -0.1) is 0 Å². The van der Waals surface area contributed by atoms with Crippen LogP contribution >= 0.6 is 0 Å². The molecule has 0 aliphatic carbocycles. The van der Waals surface area contributed by atoms with Gasteiger partial charge in [0, 0.05) is 19.2 Å². The summed E-state index contributed by atoms with van der Waals surface area (Å²) in [4.78, 5) is 13.0. The Kier molecular flexibility index (Phi) is 7.34.